The zero-order valence-electron chi connectivity index (χ0n) is 12.3. The first kappa shape index (κ1) is 27.8. The van der Waals surface area contributed by atoms with E-state index in [0.29, 0.717) is 0 Å². The van der Waals surface area contributed by atoms with Gasteiger partial charge in [0.1, 0.15) is 0 Å². The molecule has 0 radical (unpaired) electrons. The smallest absolute Gasteiger partial charge is 1.00 e. The zero-order chi connectivity index (χ0) is 21.1. The summed E-state index contributed by atoms with van der Waals surface area (Å²) in [6, 6.07) is -8.03. The van der Waals surface area contributed by atoms with Crippen LogP contribution in [0.5, 0.6) is 0 Å². The summed E-state index contributed by atoms with van der Waals surface area (Å²) in [6.45, 7) is 0. The molecule has 0 unspecified atom stereocenters. The van der Waals surface area contributed by atoms with Crippen LogP contribution < -0.4 is 18.9 Å². The van der Waals surface area contributed by atoms with Gasteiger partial charge in [-0.2, -0.15) is 57.1 Å². The molecule has 0 saturated heterocycles. The van der Waals surface area contributed by atoms with Crippen LogP contribution in [-0.2, 0) is 17.7 Å². The Balaban J connectivity index is -0.00000288. The number of hydrogen-bond donors (Lipinski definition) is 0. The Bertz CT molecular complexity index is 709. The monoisotopic (exact) mass is 457 g/mol. The molecule has 0 fully saturated rings. The SMILES string of the molecule is O=S(=O)(C(F)(F)F)S(=O)(=O)C(F)(F)C(F)(F)N(C(F)(F)F)C(F)(F)F.[H-].[Li+]. The first-order valence-corrected chi connectivity index (χ1v) is 8.10. The van der Waals surface area contributed by atoms with Gasteiger partial charge in [-0.1, -0.05) is 4.90 Å². The van der Waals surface area contributed by atoms with E-state index in [-0.39, 0.29) is 20.3 Å². The molecule has 0 aliphatic rings. The second-order valence-corrected chi connectivity index (χ2v) is 9.11. The molecule has 154 valence electrons. The summed E-state index contributed by atoms with van der Waals surface area (Å²) in [4.78, 5) is -4.35. The molecule has 26 heavy (non-hydrogen) atoms. The molecule has 0 N–H and O–H groups in total. The molecule has 5 nitrogen and oxygen atoms in total. The molecule has 0 amide bonds. The molecule has 0 aliphatic heterocycles. The summed E-state index contributed by atoms with van der Waals surface area (Å²) >= 11 is 0. The quantitative estimate of drug-likeness (QED) is 0.255. The normalized spacial score (nSPS) is 15.8. The van der Waals surface area contributed by atoms with Gasteiger partial charge < -0.3 is 1.43 Å². The Morgan fingerprint density at radius 1 is 0.577 bits per heavy atom. The van der Waals surface area contributed by atoms with Gasteiger partial charge in [0.25, 0.3) is 0 Å². The molecule has 0 spiro atoms. The summed E-state index contributed by atoms with van der Waals surface area (Å²) in [5.74, 6) is 0. The predicted octanol–water partition coefficient (Wildman–Crippen LogP) is -0.106. The third-order valence-corrected chi connectivity index (χ3v) is 6.97. The van der Waals surface area contributed by atoms with Crippen molar-refractivity contribution >= 4 is 17.7 Å². The predicted molar refractivity (Wildman–Crippen MR) is 48.8 cm³/mol. The van der Waals surface area contributed by atoms with E-state index in [2.05, 4.69) is 0 Å². The number of alkyl halides is 13. The molecule has 0 atom stereocenters. The summed E-state index contributed by atoms with van der Waals surface area (Å²) < 4.78 is 202. The number of hydrogen-bond acceptors (Lipinski definition) is 5. The maximum absolute atomic E-state index is 13.1. The van der Waals surface area contributed by atoms with Crippen LogP contribution >= 0.6 is 0 Å². The Morgan fingerprint density at radius 3 is 1.04 bits per heavy atom. The van der Waals surface area contributed by atoms with Crippen LogP contribution in [0.4, 0.5) is 57.1 Å². The van der Waals surface area contributed by atoms with Gasteiger partial charge in [-0.15, -0.1) is 0 Å². The van der Waals surface area contributed by atoms with Gasteiger partial charge in [-0.05, 0) is 0 Å². The van der Waals surface area contributed by atoms with Crippen LogP contribution in [0.2, 0.25) is 0 Å². The molecule has 0 bridgehead atoms. The Hall–Kier alpha value is -0.453. The first-order valence-electron chi connectivity index (χ1n) is 4.62. The van der Waals surface area contributed by atoms with Gasteiger partial charge in [0, 0.05) is 0 Å². The van der Waals surface area contributed by atoms with E-state index in [4.69, 9.17) is 0 Å². The van der Waals surface area contributed by atoms with Crippen molar-refractivity contribution in [3.63, 3.8) is 0 Å². The largest absolute Gasteiger partial charge is 1.00 e. The summed E-state index contributed by atoms with van der Waals surface area (Å²) in [5.41, 5.74) is -7.26. The van der Waals surface area contributed by atoms with E-state index in [1.165, 1.54) is 0 Å². The average Bonchev–Trinajstić information content (AvgIpc) is 2.21. The van der Waals surface area contributed by atoms with Crippen LogP contribution in [0.1, 0.15) is 1.43 Å². The first-order chi connectivity index (χ1) is 10.4. The van der Waals surface area contributed by atoms with Gasteiger partial charge >= 0.3 is 66.0 Å². The second-order valence-electron chi connectivity index (χ2n) is 3.68. The van der Waals surface area contributed by atoms with E-state index in [0.717, 1.165) is 0 Å². The second kappa shape index (κ2) is 6.86. The fourth-order valence-corrected chi connectivity index (χ4v) is 3.80. The molecule has 0 rings (SSSR count). The van der Waals surface area contributed by atoms with Crippen LogP contribution in [0, 0.1) is 0 Å². The van der Waals surface area contributed by atoms with E-state index in [9.17, 15) is 73.9 Å². The molecule has 0 aliphatic carbocycles. The van der Waals surface area contributed by atoms with Crippen LogP contribution in [0.3, 0.4) is 0 Å². The van der Waals surface area contributed by atoms with Gasteiger partial charge in [0.05, 0.1) is 0 Å². The van der Waals surface area contributed by atoms with Crippen molar-refractivity contribution in [2.45, 2.75) is 29.4 Å². The standard InChI is InChI=1S/C5F13NO4S2.Li.H/c6-1(7,19(3(10,11)12)4(13,14)15)2(8,9)24(20,21)25(22,23)5(16,17)18;;/q;+1;-1. The summed E-state index contributed by atoms with van der Waals surface area (Å²) in [5, 5.41) is -8.01. The van der Waals surface area contributed by atoms with Crippen LogP contribution in [0.25, 0.3) is 0 Å². The van der Waals surface area contributed by atoms with Crippen molar-refractivity contribution in [3.8, 4) is 0 Å². The third kappa shape index (κ3) is 4.18. The van der Waals surface area contributed by atoms with Crippen LogP contribution in [0.15, 0.2) is 0 Å². The maximum Gasteiger partial charge on any atom is 1.00 e. The molecule has 0 aromatic carbocycles. The number of rotatable bonds is 4. The third-order valence-electron chi connectivity index (χ3n) is 2.02. The Morgan fingerprint density at radius 2 is 0.846 bits per heavy atom. The molecule has 0 aromatic rings. The molecule has 0 aromatic heterocycles. The van der Waals surface area contributed by atoms with Crippen molar-refractivity contribution < 1.29 is 94.2 Å². The maximum atomic E-state index is 13.1. The van der Waals surface area contributed by atoms with Crippen molar-refractivity contribution in [2.75, 3.05) is 0 Å². The minimum atomic E-state index is -8.70. The Kier molecular flexibility index (Phi) is 7.32. The molecule has 21 heteroatoms. The fraction of sp³-hybridized carbons (Fsp3) is 1.00. The van der Waals surface area contributed by atoms with E-state index in [1.54, 1.807) is 0 Å². The van der Waals surface area contributed by atoms with E-state index < -0.39 is 52.0 Å². The molecule has 0 heterocycles. The van der Waals surface area contributed by atoms with Gasteiger partial charge in [0.15, 0.2) is 0 Å². The van der Waals surface area contributed by atoms with Gasteiger partial charge in [-0.25, -0.2) is 16.8 Å². The Labute approximate surface area is 147 Å². The van der Waals surface area contributed by atoms with Crippen molar-refractivity contribution in [2.24, 2.45) is 0 Å². The summed E-state index contributed by atoms with van der Waals surface area (Å²) in [6.07, 6.45) is -15.0. The van der Waals surface area contributed by atoms with Gasteiger partial charge in [-0.3, -0.25) is 0 Å². The summed E-state index contributed by atoms with van der Waals surface area (Å²) in [7, 11) is -17.1. The van der Waals surface area contributed by atoms with Crippen molar-refractivity contribution in [3.05, 3.63) is 0 Å². The molecular formula is C5HF13LiNO4S2. The minimum absolute atomic E-state index is 0. The van der Waals surface area contributed by atoms with Gasteiger partial charge in [0.2, 0.25) is 0 Å². The van der Waals surface area contributed by atoms with Crippen LogP contribution in [-0.4, -0.2) is 51.1 Å². The van der Waals surface area contributed by atoms with Crippen molar-refractivity contribution in [1.29, 1.82) is 0 Å². The fourth-order valence-electron chi connectivity index (χ4n) is 1.00. The van der Waals surface area contributed by atoms with E-state index in [1.807, 2.05) is 0 Å². The average molecular weight is 457 g/mol. The molecule has 0 saturated carbocycles. The zero-order valence-corrected chi connectivity index (χ0v) is 12.9. The molecular weight excluding hydrogens is 456 g/mol. The topological polar surface area (TPSA) is 71.5 Å². The number of halogens is 13. The van der Waals surface area contributed by atoms with Crippen molar-refractivity contribution in [1.82, 2.24) is 4.90 Å². The van der Waals surface area contributed by atoms with E-state index >= 15 is 0 Å². The minimum Gasteiger partial charge on any atom is -1.00 e. The number of nitrogens with zero attached hydrogens (tertiary/aromatic N) is 1.